The number of imide groups is 1. The highest BCUT2D eigenvalue weighted by Gasteiger charge is 2.52. The second-order valence-corrected chi connectivity index (χ2v) is 7.44. The van der Waals surface area contributed by atoms with Crippen LogP contribution in [0.5, 0.6) is 0 Å². The van der Waals surface area contributed by atoms with Crippen molar-refractivity contribution in [2.45, 2.75) is 63.5 Å². The van der Waals surface area contributed by atoms with Gasteiger partial charge in [-0.3, -0.25) is 14.5 Å². The van der Waals surface area contributed by atoms with Crippen LogP contribution in [0, 0.1) is 5.92 Å². The summed E-state index contributed by atoms with van der Waals surface area (Å²) in [5.41, 5.74) is 5.15. The van der Waals surface area contributed by atoms with Gasteiger partial charge in [0.05, 0.1) is 0 Å². The molecule has 1 spiro atoms. The van der Waals surface area contributed by atoms with Crippen molar-refractivity contribution >= 4 is 30.3 Å². The Morgan fingerprint density at radius 2 is 1.96 bits per heavy atom. The number of carbonyl (C=O) groups excluding carboxylic acids is 3. The third-order valence-corrected chi connectivity index (χ3v) is 5.93. The van der Waals surface area contributed by atoms with Crippen molar-refractivity contribution in [3.8, 4) is 0 Å². The topological polar surface area (TPSA) is 95.7 Å². The Morgan fingerprint density at radius 3 is 2.60 bits per heavy atom. The molecule has 1 aliphatic carbocycles. The normalized spacial score (nSPS) is 28.2. The molecular formula is C17H29ClN4O3. The number of amides is 4. The Kier molecular flexibility index (Phi) is 6.32. The van der Waals surface area contributed by atoms with Crippen molar-refractivity contribution in [2.24, 2.45) is 11.7 Å². The lowest BCUT2D eigenvalue weighted by molar-refractivity contribution is -0.137. The van der Waals surface area contributed by atoms with E-state index in [1.165, 1.54) is 4.90 Å². The molecule has 1 saturated carbocycles. The lowest BCUT2D eigenvalue weighted by atomic mass is 9.90. The number of nitrogens with one attached hydrogen (secondary N) is 1. The molecule has 2 atom stereocenters. The number of hydrogen-bond donors (Lipinski definition) is 2. The number of rotatable bonds is 4. The molecule has 2 heterocycles. The first-order chi connectivity index (χ1) is 11.5. The number of urea groups is 1. The molecule has 4 amide bonds. The highest BCUT2D eigenvalue weighted by atomic mass is 35.5. The summed E-state index contributed by atoms with van der Waals surface area (Å²) >= 11 is 0. The Morgan fingerprint density at radius 1 is 1.28 bits per heavy atom. The lowest BCUT2D eigenvalue weighted by Gasteiger charge is -2.39. The lowest BCUT2D eigenvalue weighted by Crippen LogP contribution is -2.52. The van der Waals surface area contributed by atoms with E-state index in [-0.39, 0.29) is 49.3 Å². The van der Waals surface area contributed by atoms with Crippen molar-refractivity contribution in [1.82, 2.24) is 15.1 Å². The summed E-state index contributed by atoms with van der Waals surface area (Å²) in [4.78, 5) is 40.4. The van der Waals surface area contributed by atoms with Crippen LogP contribution < -0.4 is 11.1 Å². The summed E-state index contributed by atoms with van der Waals surface area (Å²) in [5.74, 6) is 0.233. The number of nitrogens with two attached hydrogens (primary N) is 1. The average molecular weight is 373 g/mol. The van der Waals surface area contributed by atoms with Crippen molar-refractivity contribution in [2.75, 3.05) is 19.6 Å². The van der Waals surface area contributed by atoms with Crippen LogP contribution in [0.3, 0.4) is 0 Å². The first kappa shape index (κ1) is 20.0. The van der Waals surface area contributed by atoms with Gasteiger partial charge in [-0.25, -0.2) is 4.79 Å². The molecule has 7 nitrogen and oxygen atoms in total. The predicted octanol–water partition coefficient (Wildman–Crippen LogP) is 1.25. The van der Waals surface area contributed by atoms with Gasteiger partial charge in [0.1, 0.15) is 5.54 Å². The zero-order valence-corrected chi connectivity index (χ0v) is 15.6. The molecule has 2 unspecified atom stereocenters. The molecular weight excluding hydrogens is 344 g/mol. The number of halogens is 1. The third-order valence-electron chi connectivity index (χ3n) is 5.93. The van der Waals surface area contributed by atoms with Gasteiger partial charge in [0.25, 0.3) is 5.91 Å². The van der Waals surface area contributed by atoms with E-state index in [1.54, 1.807) is 0 Å². The highest BCUT2D eigenvalue weighted by molar-refractivity contribution is 6.07. The quantitative estimate of drug-likeness (QED) is 0.726. The summed E-state index contributed by atoms with van der Waals surface area (Å²) in [7, 11) is 0. The molecule has 25 heavy (non-hydrogen) atoms. The van der Waals surface area contributed by atoms with Gasteiger partial charge in [-0.1, -0.05) is 19.8 Å². The second-order valence-electron chi connectivity index (χ2n) is 7.44. The molecule has 0 bridgehead atoms. The van der Waals surface area contributed by atoms with Gasteiger partial charge >= 0.3 is 6.03 Å². The minimum absolute atomic E-state index is 0. The van der Waals surface area contributed by atoms with Crippen LogP contribution in [-0.4, -0.2) is 58.9 Å². The molecule has 0 aromatic carbocycles. The number of nitrogens with zero attached hydrogens (tertiary/aromatic N) is 2. The fraction of sp³-hybridized carbons (Fsp3) is 0.824. The van der Waals surface area contributed by atoms with Crippen molar-refractivity contribution in [1.29, 1.82) is 0 Å². The Balaban J connectivity index is 0.00000225. The van der Waals surface area contributed by atoms with Crippen molar-refractivity contribution in [3.05, 3.63) is 0 Å². The van der Waals surface area contributed by atoms with E-state index in [0.29, 0.717) is 25.3 Å². The van der Waals surface area contributed by atoms with Crippen LogP contribution in [0.15, 0.2) is 0 Å². The number of piperidine rings is 1. The first-order valence-electron chi connectivity index (χ1n) is 9.12. The van der Waals surface area contributed by atoms with Gasteiger partial charge < -0.3 is 16.0 Å². The summed E-state index contributed by atoms with van der Waals surface area (Å²) in [6, 6.07) is -0.285. The van der Waals surface area contributed by atoms with Gasteiger partial charge in [0.15, 0.2) is 0 Å². The number of likely N-dealkylation sites (tertiary alicyclic amines) is 1. The van der Waals surface area contributed by atoms with Gasteiger partial charge in [-0.05, 0) is 31.6 Å². The largest absolute Gasteiger partial charge is 0.338 e. The van der Waals surface area contributed by atoms with E-state index in [4.69, 9.17) is 5.73 Å². The van der Waals surface area contributed by atoms with Crippen LogP contribution in [0.2, 0.25) is 0 Å². The zero-order chi connectivity index (χ0) is 17.3. The van der Waals surface area contributed by atoms with Gasteiger partial charge in [-0.15, -0.1) is 12.4 Å². The standard InChI is InChI=1S/C17H28N4O3.ClH/c1-12-5-4-9-20(13(12)11-18)14(22)6-10-21-15(23)17(19-16(21)24)7-2-3-8-17;/h12-13H,2-11,18H2,1H3,(H,19,24);1H. The highest BCUT2D eigenvalue weighted by Crippen LogP contribution is 2.35. The molecule has 0 radical (unpaired) electrons. The molecule has 3 aliphatic rings. The zero-order valence-electron chi connectivity index (χ0n) is 14.8. The van der Waals surface area contributed by atoms with E-state index in [1.807, 2.05) is 4.90 Å². The Labute approximate surface area is 155 Å². The van der Waals surface area contributed by atoms with Crippen LogP contribution >= 0.6 is 12.4 Å². The first-order valence-corrected chi connectivity index (χ1v) is 9.12. The van der Waals surface area contributed by atoms with E-state index in [2.05, 4.69) is 12.2 Å². The number of carbonyl (C=O) groups is 3. The molecule has 8 heteroatoms. The minimum Gasteiger partial charge on any atom is -0.338 e. The molecule has 142 valence electrons. The van der Waals surface area contributed by atoms with Crippen LogP contribution in [0.4, 0.5) is 4.79 Å². The van der Waals surface area contributed by atoms with Crippen molar-refractivity contribution in [3.63, 3.8) is 0 Å². The Hall–Kier alpha value is -1.34. The maximum atomic E-state index is 12.6. The average Bonchev–Trinajstić information content (AvgIpc) is 3.12. The summed E-state index contributed by atoms with van der Waals surface area (Å²) in [6.45, 7) is 3.46. The summed E-state index contributed by atoms with van der Waals surface area (Å²) < 4.78 is 0. The fourth-order valence-electron chi connectivity index (χ4n) is 4.47. The van der Waals surface area contributed by atoms with Gasteiger partial charge in [0, 0.05) is 32.1 Å². The second kappa shape index (κ2) is 7.91. The molecule has 2 aliphatic heterocycles. The van der Waals surface area contributed by atoms with E-state index in [0.717, 1.165) is 32.2 Å². The van der Waals surface area contributed by atoms with Gasteiger partial charge in [-0.2, -0.15) is 0 Å². The molecule has 3 rings (SSSR count). The molecule has 0 aromatic rings. The smallest absolute Gasteiger partial charge is 0.325 e. The number of hydrogen-bond acceptors (Lipinski definition) is 4. The fourth-order valence-corrected chi connectivity index (χ4v) is 4.47. The van der Waals surface area contributed by atoms with Crippen LogP contribution in [-0.2, 0) is 9.59 Å². The van der Waals surface area contributed by atoms with Gasteiger partial charge in [0.2, 0.25) is 5.91 Å². The van der Waals surface area contributed by atoms with Crippen LogP contribution in [0.1, 0.15) is 51.9 Å². The van der Waals surface area contributed by atoms with Crippen LogP contribution in [0.25, 0.3) is 0 Å². The maximum absolute atomic E-state index is 12.6. The molecule has 3 N–H and O–H groups in total. The minimum atomic E-state index is -0.695. The summed E-state index contributed by atoms with van der Waals surface area (Å²) in [6.07, 6.45) is 5.59. The maximum Gasteiger partial charge on any atom is 0.325 e. The van der Waals surface area contributed by atoms with E-state index < -0.39 is 5.54 Å². The SMILES string of the molecule is CC1CCCN(C(=O)CCN2C(=O)NC3(CCCC3)C2=O)C1CN.Cl. The predicted molar refractivity (Wildman–Crippen MR) is 96.3 cm³/mol. The summed E-state index contributed by atoms with van der Waals surface area (Å²) in [5, 5.41) is 2.85. The van der Waals surface area contributed by atoms with E-state index >= 15 is 0 Å². The monoisotopic (exact) mass is 372 g/mol. The molecule has 0 aromatic heterocycles. The molecule has 3 fully saturated rings. The van der Waals surface area contributed by atoms with Crippen molar-refractivity contribution < 1.29 is 14.4 Å². The Bertz CT molecular complexity index is 536. The third kappa shape index (κ3) is 3.62. The molecule has 2 saturated heterocycles. The van der Waals surface area contributed by atoms with E-state index in [9.17, 15) is 14.4 Å².